The molecule has 0 bridgehead atoms. The predicted molar refractivity (Wildman–Crippen MR) is 63.5 cm³/mol. The minimum Gasteiger partial charge on any atom is -0.409 e. The van der Waals surface area contributed by atoms with Crippen molar-refractivity contribution in [2.24, 2.45) is 10.9 Å². The van der Waals surface area contributed by atoms with Crippen molar-refractivity contribution in [3.8, 4) is 0 Å². The molecular formula is C10H16N4O3. The van der Waals surface area contributed by atoms with E-state index in [2.05, 4.69) is 5.16 Å². The van der Waals surface area contributed by atoms with Crippen LogP contribution in [0.15, 0.2) is 20.9 Å². The highest BCUT2D eigenvalue weighted by atomic mass is 16.4. The van der Waals surface area contributed by atoms with Crippen molar-refractivity contribution >= 4 is 5.84 Å². The number of hydrogen-bond acceptors (Lipinski definition) is 4. The number of aryl methyl sites for hydroxylation is 1. The number of nitrogens with two attached hydrogens (primary N) is 1. The van der Waals surface area contributed by atoms with E-state index >= 15 is 0 Å². The van der Waals surface area contributed by atoms with Crippen LogP contribution < -0.4 is 17.0 Å². The van der Waals surface area contributed by atoms with Crippen LogP contribution in [0, 0.1) is 6.92 Å². The van der Waals surface area contributed by atoms with E-state index in [0.29, 0.717) is 5.56 Å². The lowest BCUT2D eigenvalue weighted by atomic mass is 10.3. The maximum atomic E-state index is 12.0. The van der Waals surface area contributed by atoms with Gasteiger partial charge in [-0.3, -0.25) is 13.9 Å². The monoisotopic (exact) mass is 240 g/mol. The van der Waals surface area contributed by atoms with E-state index in [1.54, 1.807) is 20.8 Å². The maximum absolute atomic E-state index is 12.0. The lowest BCUT2D eigenvalue weighted by Crippen LogP contribution is -2.43. The summed E-state index contributed by atoms with van der Waals surface area (Å²) in [4.78, 5) is 23.6. The van der Waals surface area contributed by atoms with Crippen LogP contribution in [0.1, 0.15) is 25.5 Å². The summed E-state index contributed by atoms with van der Waals surface area (Å²) in [5, 5.41) is 11.4. The molecule has 7 nitrogen and oxygen atoms in total. The van der Waals surface area contributed by atoms with Crippen LogP contribution in [0.3, 0.4) is 0 Å². The fourth-order valence-corrected chi connectivity index (χ4v) is 1.54. The minimum atomic E-state index is -0.607. The van der Waals surface area contributed by atoms with Crippen LogP contribution in [0.25, 0.3) is 0 Å². The van der Waals surface area contributed by atoms with Crippen LogP contribution in [0.4, 0.5) is 0 Å². The molecule has 0 saturated carbocycles. The predicted octanol–water partition coefficient (Wildman–Crippen LogP) is -0.354. The summed E-state index contributed by atoms with van der Waals surface area (Å²) in [7, 11) is 0. The molecule has 0 amide bonds. The van der Waals surface area contributed by atoms with Gasteiger partial charge < -0.3 is 10.9 Å². The van der Waals surface area contributed by atoms with E-state index in [1.165, 1.54) is 10.8 Å². The van der Waals surface area contributed by atoms with E-state index in [0.717, 1.165) is 4.57 Å². The molecular weight excluding hydrogens is 224 g/mol. The Kier molecular flexibility index (Phi) is 3.72. The highest BCUT2D eigenvalue weighted by molar-refractivity contribution is 5.83. The molecule has 94 valence electrons. The fraction of sp³-hybridized carbons (Fsp3) is 0.500. The molecule has 1 heterocycles. The Hall–Kier alpha value is -2.05. The van der Waals surface area contributed by atoms with Crippen LogP contribution in [-0.2, 0) is 6.54 Å². The van der Waals surface area contributed by atoms with Gasteiger partial charge in [0.2, 0.25) is 0 Å². The number of rotatable bonds is 3. The molecule has 1 unspecified atom stereocenters. The topological polar surface area (TPSA) is 103 Å². The number of aromatic nitrogens is 2. The van der Waals surface area contributed by atoms with Crippen molar-refractivity contribution < 1.29 is 5.21 Å². The first-order valence-corrected chi connectivity index (χ1v) is 5.24. The van der Waals surface area contributed by atoms with Gasteiger partial charge in [-0.15, -0.1) is 0 Å². The number of hydrogen-bond donors (Lipinski definition) is 2. The zero-order valence-corrected chi connectivity index (χ0v) is 10.0. The third-order valence-corrected chi connectivity index (χ3v) is 2.64. The van der Waals surface area contributed by atoms with Gasteiger partial charge >= 0.3 is 5.69 Å². The van der Waals surface area contributed by atoms with Crippen molar-refractivity contribution in [1.82, 2.24) is 9.13 Å². The van der Waals surface area contributed by atoms with E-state index in [1.807, 2.05) is 0 Å². The maximum Gasteiger partial charge on any atom is 0.331 e. The Morgan fingerprint density at radius 2 is 2.18 bits per heavy atom. The summed E-state index contributed by atoms with van der Waals surface area (Å²) in [5.41, 5.74) is 5.10. The van der Waals surface area contributed by atoms with Crippen molar-refractivity contribution in [2.45, 2.75) is 33.4 Å². The van der Waals surface area contributed by atoms with Gasteiger partial charge in [0, 0.05) is 18.3 Å². The molecule has 0 aliphatic rings. The summed E-state index contributed by atoms with van der Waals surface area (Å²) in [5.74, 6) is -0.0900. The molecule has 0 radical (unpaired) electrons. The molecule has 17 heavy (non-hydrogen) atoms. The van der Waals surface area contributed by atoms with Crippen molar-refractivity contribution in [2.75, 3.05) is 0 Å². The number of oxime groups is 1. The zero-order valence-electron chi connectivity index (χ0n) is 10.0. The second kappa shape index (κ2) is 4.86. The second-order valence-corrected chi connectivity index (χ2v) is 3.75. The Bertz CT molecular complexity index is 556. The zero-order chi connectivity index (χ0) is 13.2. The molecule has 1 aromatic rings. The van der Waals surface area contributed by atoms with Crippen LogP contribution >= 0.6 is 0 Å². The summed E-state index contributed by atoms with van der Waals surface area (Å²) in [6, 6.07) is -0.607. The largest absolute Gasteiger partial charge is 0.409 e. The average Bonchev–Trinajstić information content (AvgIpc) is 2.32. The van der Waals surface area contributed by atoms with Crippen molar-refractivity contribution in [3.63, 3.8) is 0 Å². The molecule has 3 N–H and O–H groups in total. The minimum absolute atomic E-state index is 0.0900. The Morgan fingerprint density at radius 3 is 2.65 bits per heavy atom. The molecule has 0 aliphatic heterocycles. The Morgan fingerprint density at radius 1 is 1.59 bits per heavy atom. The van der Waals surface area contributed by atoms with Gasteiger partial charge in [-0.25, -0.2) is 4.79 Å². The summed E-state index contributed by atoms with van der Waals surface area (Å²) >= 11 is 0. The van der Waals surface area contributed by atoms with Crippen LogP contribution in [0.2, 0.25) is 0 Å². The fourth-order valence-electron chi connectivity index (χ4n) is 1.54. The first-order valence-electron chi connectivity index (χ1n) is 5.24. The highest BCUT2D eigenvalue weighted by Crippen LogP contribution is 2.01. The highest BCUT2D eigenvalue weighted by Gasteiger charge is 2.15. The molecule has 0 aromatic carbocycles. The van der Waals surface area contributed by atoms with Gasteiger partial charge in [0.1, 0.15) is 0 Å². The van der Waals surface area contributed by atoms with Gasteiger partial charge in [0.15, 0.2) is 5.84 Å². The third kappa shape index (κ3) is 2.22. The molecule has 0 fully saturated rings. The quantitative estimate of drug-likeness (QED) is 0.326. The van der Waals surface area contributed by atoms with Gasteiger partial charge in [-0.2, -0.15) is 0 Å². The molecule has 1 rings (SSSR count). The van der Waals surface area contributed by atoms with E-state index < -0.39 is 11.7 Å². The summed E-state index contributed by atoms with van der Waals surface area (Å²) in [6.07, 6.45) is 1.42. The smallest absolute Gasteiger partial charge is 0.331 e. The van der Waals surface area contributed by atoms with Gasteiger partial charge in [0.25, 0.3) is 5.56 Å². The molecule has 0 spiro atoms. The SMILES string of the molecule is CCn1c(=O)c(C)cn(C(C)C(N)=NO)c1=O. The van der Waals surface area contributed by atoms with Gasteiger partial charge in [0.05, 0.1) is 6.04 Å². The third-order valence-electron chi connectivity index (χ3n) is 2.64. The molecule has 0 aliphatic carbocycles. The standard InChI is InChI=1S/C10H16N4O3/c1-4-13-9(15)6(2)5-14(10(13)16)7(3)8(11)12-17/h5,7,17H,4H2,1-3H3,(H2,11,12). The van der Waals surface area contributed by atoms with E-state index in [9.17, 15) is 9.59 Å². The van der Waals surface area contributed by atoms with Gasteiger partial charge in [-0.05, 0) is 20.8 Å². The lowest BCUT2D eigenvalue weighted by Gasteiger charge is -2.15. The summed E-state index contributed by atoms with van der Waals surface area (Å²) in [6.45, 7) is 5.22. The summed E-state index contributed by atoms with van der Waals surface area (Å²) < 4.78 is 2.38. The number of nitrogens with zero attached hydrogens (tertiary/aromatic N) is 3. The van der Waals surface area contributed by atoms with Crippen molar-refractivity contribution in [1.29, 1.82) is 0 Å². The molecule has 1 aromatic heterocycles. The lowest BCUT2D eigenvalue weighted by molar-refractivity contribution is 0.314. The normalized spacial score (nSPS) is 13.7. The first-order chi connectivity index (χ1) is 7.93. The Balaban J connectivity index is 3.52. The van der Waals surface area contributed by atoms with E-state index in [4.69, 9.17) is 10.9 Å². The molecule has 7 heteroatoms. The van der Waals surface area contributed by atoms with Crippen LogP contribution in [-0.4, -0.2) is 20.2 Å². The molecule has 0 saturated heterocycles. The average molecular weight is 240 g/mol. The van der Waals surface area contributed by atoms with Crippen LogP contribution in [0.5, 0.6) is 0 Å². The van der Waals surface area contributed by atoms with Gasteiger partial charge in [-0.1, -0.05) is 5.16 Å². The molecule has 1 atom stereocenters. The Labute approximate surface area is 97.8 Å². The second-order valence-electron chi connectivity index (χ2n) is 3.75. The van der Waals surface area contributed by atoms with E-state index in [-0.39, 0.29) is 17.9 Å². The number of amidine groups is 1. The van der Waals surface area contributed by atoms with Crippen molar-refractivity contribution in [3.05, 3.63) is 32.6 Å². The first kappa shape index (κ1) is 13.0.